The van der Waals surface area contributed by atoms with Gasteiger partial charge in [0, 0.05) is 49.0 Å². The molecule has 1 saturated carbocycles. The molecule has 1 unspecified atom stereocenters. The van der Waals surface area contributed by atoms with Crippen molar-refractivity contribution >= 4 is 34.8 Å². The van der Waals surface area contributed by atoms with Crippen molar-refractivity contribution in [2.75, 3.05) is 24.8 Å². The fourth-order valence-corrected chi connectivity index (χ4v) is 4.40. The number of carbonyl (C=O) groups is 1. The first-order valence-electron chi connectivity index (χ1n) is 12.5. The van der Waals surface area contributed by atoms with E-state index in [1.165, 1.54) is 6.33 Å². The standard InChI is InChI=1S/C26H32N8O3S/c1-6-38(36)21-10-7-17(12-28-21)11-27-20(14-35)32-19-13-29-24(33-25(19)34(4)16(2)3)22-23(18-8-9-18)30-15-31-26(22)37-5/h7,10,12-16,18H,6,8-9,11H2,1-5H3,(H,27,32). The highest BCUT2D eigenvalue weighted by atomic mass is 32.2. The Hall–Kier alpha value is -3.64. The van der Waals surface area contributed by atoms with Crippen molar-refractivity contribution in [3.63, 3.8) is 0 Å². The van der Waals surface area contributed by atoms with E-state index in [4.69, 9.17) is 9.72 Å². The summed E-state index contributed by atoms with van der Waals surface area (Å²) in [6.07, 6.45) is 7.50. The molecule has 0 aliphatic heterocycles. The quantitative estimate of drug-likeness (QED) is 0.168. The zero-order chi connectivity index (χ0) is 27.2. The van der Waals surface area contributed by atoms with Gasteiger partial charge in [-0.1, -0.05) is 0 Å². The number of ether oxygens (including phenoxy) is 1. The molecule has 1 aliphatic carbocycles. The molecule has 0 saturated heterocycles. The number of aliphatic imine (C=N–C) groups is 1. The van der Waals surface area contributed by atoms with Gasteiger partial charge < -0.3 is 19.5 Å². The Balaban J connectivity index is 1.65. The summed E-state index contributed by atoms with van der Waals surface area (Å²) in [6, 6.07) is 3.66. The number of hydrogen-bond donors (Lipinski definition) is 1. The number of pyridine rings is 1. The summed E-state index contributed by atoms with van der Waals surface area (Å²) < 4.78 is 17.4. The first kappa shape index (κ1) is 27.4. The number of methoxy groups -OCH3 is 1. The van der Waals surface area contributed by atoms with E-state index in [1.54, 1.807) is 25.6 Å². The van der Waals surface area contributed by atoms with Gasteiger partial charge in [0.25, 0.3) is 0 Å². The maximum Gasteiger partial charge on any atom is 0.244 e. The van der Waals surface area contributed by atoms with Crippen LogP contribution in [0.4, 0.5) is 11.5 Å². The Bertz CT molecular complexity index is 1300. The summed E-state index contributed by atoms with van der Waals surface area (Å²) in [6.45, 7) is 6.25. The fourth-order valence-electron chi connectivity index (χ4n) is 3.71. The van der Waals surface area contributed by atoms with E-state index >= 15 is 0 Å². The SMILES string of the molecule is CC[S+]([O-])c1ccc(CN/C(C=O)=N/c2cnc(-c3c(OC)ncnc3C3CC3)nc2N(C)C(C)C)cn1. The molecule has 4 rings (SSSR count). The highest BCUT2D eigenvalue weighted by molar-refractivity contribution is 7.91. The van der Waals surface area contributed by atoms with Crippen LogP contribution in [0.3, 0.4) is 0 Å². The number of aldehydes is 1. The zero-order valence-electron chi connectivity index (χ0n) is 22.2. The van der Waals surface area contributed by atoms with Gasteiger partial charge in [-0.25, -0.2) is 29.9 Å². The Kier molecular flexibility index (Phi) is 8.85. The van der Waals surface area contributed by atoms with Crippen LogP contribution in [0.25, 0.3) is 11.4 Å². The molecule has 1 N–H and O–H groups in total. The fraction of sp³-hybridized carbons (Fsp3) is 0.423. The predicted octanol–water partition coefficient (Wildman–Crippen LogP) is 3.21. The minimum Gasteiger partial charge on any atom is -0.610 e. The van der Waals surface area contributed by atoms with Crippen molar-refractivity contribution in [3.05, 3.63) is 42.1 Å². The molecule has 200 valence electrons. The van der Waals surface area contributed by atoms with Crippen molar-refractivity contribution in [2.24, 2.45) is 4.99 Å². The molecule has 1 atom stereocenters. The highest BCUT2D eigenvalue weighted by Gasteiger charge is 2.31. The molecule has 0 aromatic carbocycles. The average Bonchev–Trinajstić information content (AvgIpc) is 3.80. The van der Waals surface area contributed by atoms with Crippen LogP contribution in [0.2, 0.25) is 0 Å². The molecule has 1 fully saturated rings. The number of anilines is 1. The third-order valence-corrected chi connectivity index (χ3v) is 7.43. The molecular formula is C26H32N8O3S. The second-order valence-corrected chi connectivity index (χ2v) is 10.8. The summed E-state index contributed by atoms with van der Waals surface area (Å²) in [4.78, 5) is 40.9. The van der Waals surface area contributed by atoms with E-state index in [0.29, 0.717) is 58.3 Å². The van der Waals surface area contributed by atoms with E-state index in [1.807, 2.05) is 38.8 Å². The number of nitrogens with zero attached hydrogens (tertiary/aromatic N) is 7. The lowest BCUT2D eigenvalue weighted by atomic mass is 10.1. The maximum atomic E-state index is 11.9. The third-order valence-electron chi connectivity index (χ3n) is 6.20. The topological polar surface area (TPSA) is 141 Å². The maximum absolute atomic E-state index is 11.9. The first-order valence-corrected chi connectivity index (χ1v) is 13.8. The van der Waals surface area contributed by atoms with Crippen LogP contribution in [0, 0.1) is 0 Å². The van der Waals surface area contributed by atoms with Crippen LogP contribution in [-0.4, -0.2) is 67.5 Å². The molecule has 38 heavy (non-hydrogen) atoms. The molecule has 0 bridgehead atoms. The van der Waals surface area contributed by atoms with Gasteiger partial charge in [0.05, 0.1) is 19.0 Å². The van der Waals surface area contributed by atoms with Crippen molar-refractivity contribution in [3.8, 4) is 17.3 Å². The van der Waals surface area contributed by atoms with Crippen LogP contribution < -0.4 is 15.0 Å². The Morgan fingerprint density at radius 3 is 2.66 bits per heavy atom. The monoisotopic (exact) mass is 536 g/mol. The highest BCUT2D eigenvalue weighted by Crippen LogP contribution is 2.45. The largest absolute Gasteiger partial charge is 0.610 e. The van der Waals surface area contributed by atoms with E-state index in [9.17, 15) is 9.35 Å². The molecule has 1 aliphatic rings. The number of hydrogen-bond acceptors (Lipinski definition) is 10. The van der Waals surface area contributed by atoms with Crippen molar-refractivity contribution in [1.29, 1.82) is 0 Å². The van der Waals surface area contributed by atoms with Gasteiger partial charge >= 0.3 is 0 Å². The molecule has 11 nitrogen and oxygen atoms in total. The Morgan fingerprint density at radius 1 is 1.26 bits per heavy atom. The van der Waals surface area contributed by atoms with Gasteiger partial charge in [-0.05, 0) is 45.2 Å². The van der Waals surface area contributed by atoms with E-state index in [2.05, 4.69) is 30.2 Å². The predicted molar refractivity (Wildman–Crippen MR) is 146 cm³/mol. The van der Waals surface area contributed by atoms with Gasteiger partial charge in [-0.15, -0.1) is 0 Å². The lowest BCUT2D eigenvalue weighted by Crippen LogP contribution is -2.28. The average molecular weight is 537 g/mol. The summed E-state index contributed by atoms with van der Waals surface area (Å²) in [5.41, 5.74) is 2.82. The summed E-state index contributed by atoms with van der Waals surface area (Å²) in [7, 11) is 3.48. The Morgan fingerprint density at radius 2 is 2.05 bits per heavy atom. The summed E-state index contributed by atoms with van der Waals surface area (Å²) in [5, 5.41) is 3.57. The lowest BCUT2D eigenvalue weighted by molar-refractivity contribution is -0.102. The van der Waals surface area contributed by atoms with Crippen molar-refractivity contribution in [1.82, 2.24) is 30.2 Å². The molecule has 0 radical (unpaired) electrons. The van der Waals surface area contributed by atoms with Gasteiger partial charge in [0.15, 0.2) is 23.8 Å². The van der Waals surface area contributed by atoms with Crippen LogP contribution >= 0.6 is 0 Å². The number of aromatic nitrogens is 5. The number of amidine groups is 1. The van der Waals surface area contributed by atoms with E-state index < -0.39 is 11.2 Å². The Labute approximate surface area is 225 Å². The van der Waals surface area contributed by atoms with E-state index in [0.717, 1.165) is 24.1 Å². The molecule has 3 aromatic rings. The van der Waals surface area contributed by atoms with Crippen LogP contribution in [0.1, 0.15) is 50.8 Å². The molecule has 0 amide bonds. The van der Waals surface area contributed by atoms with Crippen LogP contribution in [0.5, 0.6) is 5.88 Å². The normalized spacial score (nSPS) is 14.3. The van der Waals surface area contributed by atoms with Gasteiger partial charge in [0.1, 0.15) is 23.3 Å². The van der Waals surface area contributed by atoms with Crippen LogP contribution in [0.15, 0.2) is 40.9 Å². The first-order chi connectivity index (χ1) is 18.4. The summed E-state index contributed by atoms with van der Waals surface area (Å²) in [5.74, 6) is 2.40. The lowest BCUT2D eigenvalue weighted by Gasteiger charge is -2.24. The molecule has 12 heteroatoms. The molecule has 3 heterocycles. The number of carbonyl (C=O) groups excluding carboxylic acids is 1. The second kappa shape index (κ2) is 12.3. The third kappa shape index (κ3) is 6.25. The minimum atomic E-state index is -1.12. The van der Waals surface area contributed by atoms with Gasteiger partial charge in [-0.3, -0.25) is 4.79 Å². The molecule has 0 spiro atoms. The van der Waals surface area contributed by atoms with E-state index in [-0.39, 0.29) is 11.9 Å². The smallest absolute Gasteiger partial charge is 0.244 e. The van der Waals surface area contributed by atoms with Crippen molar-refractivity contribution in [2.45, 2.75) is 57.1 Å². The minimum absolute atomic E-state index is 0.106. The van der Waals surface area contributed by atoms with Crippen LogP contribution in [-0.2, 0) is 22.5 Å². The number of nitrogens with one attached hydrogen (secondary N) is 1. The van der Waals surface area contributed by atoms with Gasteiger partial charge in [0.2, 0.25) is 10.9 Å². The number of rotatable bonds is 11. The second-order valence-electron chi connectivity index (χ2n) is 9.13. The molecule has 3 aromatic heterocycles. The zero-order valence-corrected chi connectivity index (χ0v) is 23.0. The molecular weight excluding hydrogens is 504 g/mol. The van der Waals surface area contributed by atoms with Crippen molar-refractivity contribution < 1.29 is 14.1 Å². The van der Waals surface area contributed by atoms with Gasteiger partial charge in [-0.2, -0.15) is 0 Å². The summed E-state index contributed by atoms with van der Waals surface area (Å²) >= 11 is -1.12.